The number of aromatic nitrogens is 2. The molecule has 4 aromatic carbocycles. The number of aromatic amines is 1. The van der Waals surface area contributed by atoms with E-state index in [-0.39, 0.29) is 5.56 Å². The molecule has 32 heavy (non-hydrogen) atoms. The molecule has 0 aliphatic heterocycles. The van der Waals surface area contributed by atoms with Gasteiger partial charge in [-0.05, 0) is 35.7 Å². The summed E-state index contributed by atoms with van der Waals surface area (Å²) < 4.78 is 1.65. The van der Waals surface area contributed by atoms with Gasteiger partial charge in [-0.15, -0.1) is 0 Å². The summed E-state index contributed by atoms with van der Waals surface area (Å²) in [5, 5.41) is 3.35. The number of rotatable bonds is 5. The molecule has 0 saturated heterocycles. The van der Waals surface area contributed by atoms with Gasteiger partial charge < -0.3 is 0 Å². The van der Waals surface area contributed by atoms with Gasteiger partial charge in [0.1, 0.15) is 0 Å². The van der Waals surface area contributed by atoms with E-state index in [9.17, 15) is 4.79 Å². The standard InChI is InChI=1S/C29H24N2O/c1-22-27(28(32)31(30-22)26-20-12-5-13-21-26)29(23-14-6-2-7-15-23,24-16-8-3-9-17-24)25-18-10-4-11-19-25/h2-21,30H,1H3. The molecule has 0 bridgehead atoms. The fourth-order valence-corrected chi connectivity index (χ4v) is 4.74. The Morgan fingerprint density at radius 2 is 0.969 bits per heavy atom. The first-order chi connectivity index (χ1) is 15.7. The summed E-state index contributed by atoms with van der Waals surface area (Å²) in [5.74, 6) is 0. The van der Waals surface area contributed by atoms with E-state index in [2.05, 4.69) is 41.5 Å². The minimum Gasteiger partial charge on any atom is -0.295 e. The Morgan fingerprint density at radius 1 is 0.594 bits per heavy atom. The van der Waals surface area contributed by atoms with Crippen molar-refractivity contribution in [1.29, 1.82) is 0 Å². The zero-order chi connectivity index (χ0) is 22.0. The lowest BCUT2D eigenvalue weighted by atomic mass is 9.65. The van der Waals surface area contributed by atoms with Crippen molar-refractivity contribution < 1.29 is 0 Å². The van der Waals surface area contributed by atoms with Crippen LogP contribution in [-0.2, 0) is 5.41 Å². The van der Waals surface area contributed by atoms with E-state index in [1.54, 1.807) is 4.68 Å². The summed E-state index contributed by atoms with van der Waals surface area (Å²) in [7, 11) is 0. The molecule has 0 aliphatic rings. The zero-order valence-electron chi connectivity index (χ0n) is 17.9. The SMILES string of the molecule is Cc1[nH]n(-c2ccccc2)c(=O)c1C(c1ccccc1)(c1ccccc1)c1ccccc1. The van der Waals surface area contributed by atoms with Crippen LogP contribution in [0.5, 0.6) is 0 Å². The smallest absolute Gasteiger partial charge is 0.276 e. The van der Waals surface area contributed by atoms with Gasteiger partial charge in [0.15, 0.2) is 0 Å². The number of nitrogens with zero attached hydrogens (tertiary/aromatic N) is 1. The minimum absolute atomic E-state index is 0.0507. The molecule has 0 amide bonds. The number of aryl methyl sites for hydroxylation is 1. The number of hydrogen-bond donors (Lipinski definition) is 1. The maximum atomic E-state index is 14.1. The number of hydrogen-bond acceptors (Lipinski definition) is 1. The van der Waals surface area contributed by atoms with Crippen LogP contribution in [0.3, 0.4) is 0 Å². The predicted molar refractivity (Wildman–Crippen MR) is 129 cm³/mol. The second-order valence-electron chi connectivity index (χ2n) is 7.94. The van der Waals surface area contributed by atoms with Gasteiger partial charge in [0.2, 0.25) is 0 Å². The lowest BCUT2D eigenvalue weighted by molar-refractivity contribution is 0.730. The molecule has 156 valence electrons. The quantitative estimate of drug-likeness (QED) is 0.358. The summed E-state index contributed by atoms with van der Waals surface area (Å²) in [5.41, 5.74) is 4.73. The number of nitrogens with one attached hydrogen (secondary N) is 1. The van der Waals surface area contributed by atoms with E-state index >= 15 is 0 Å². The van der Waals surface area contributed by atoms with Crippen LogP contribution >= 0.6 is 0 Å². The van der Waals surface area contributed by atoms with Crippen molar-refractivity contribution in [2.24, 2.45) is 0 Å². The molecule has 0 radical (unpaired) electrons. The molecule has 0 saturated carbocycles. The Labute approximate surface area is 187 Å². The van der Waals surface area contributed by atoms with Crippen molar-refractivity contribution >= 4 is 0 Å². The van der Waals surface area contributed by atoms with Gasteiger partial charge in [-0.3, -0.25) is 9.89 Å². The molecule has 1 N–H and O–H groups in total. The molecular weight excluding hydrogens is 392 g/mol. The highest BCUT2D eigenvalue weighted by Gasteiger charge is 2.42. The average Bonchev–Trinajstić information content (AvgIpc) is 3.17. The van der Waals surface area contributed by atoms with Crippen molar-refractivity contribution in [2.75, 3.05) is 0 Å². The van der Waals surface area contributed by atoms with Crippen molar-refractivity contribution in [3.05, 3.63) is 160 Å². The normalized spacial score (nSPS) is 11.4. The van der Waals surface area contributed by atoms with Crippen LogP contribution in [0, 0.1) is 6.92 Å². The Kier molecular flexibility index (Phi) is 5.08. The van der Waals surface area contributed by atoms with Crippen LogP contribution in [0.2, 0.25) is 0 Å². The van der Waals surface area contributed by atoms with Crippen LogP contribution < -0.4 is 5.56 Å². The predicted octanol–water partition coefficient (Wildman–Crippen LogP) is 5.86. The van der Waals surface area contributed by atoms with Crippen LogP contribution in [-0.4, -0.2) is 9.78 Å². The molecule has 0 atom stereocenters. The third-order valence-corrected chi connectivity index (χ3v) is 6.08. The maximum absolute atomic E-state index is 14.1. The molecule has 1 aromatic heterocycles. The van der Waals surface area contributed by atoms with Gasteiger partial charge in [-0.1, -0.05) is 109 Å². The zero-order valence-corrected chi connectivity index (χ0v) is 17.9. The highest BCUT2D eigenvalue weighted by molar-refractivity contribution is 5.60. The molecule has 0 unspecified atom stereocenters. The second-order valence-corrected chi connectivity index (χ2v) is 7.94. The molecule has 5 aromatic rings. The average molecular weight is 417 g/mol. The van der Waals surface area contributed by atoms with Crippen LogP contribution in [0.15, 0.2) is 126 Å². The molecule has 0 spiro atoms. The fraction of sp³-hybridized carbons (Fsp3) is 0.0690. The molecular formula is C29H24N2O. The molecule has 3 nitrogen and oxygen atoms in total. The molecule has 0 fully saturated rings. The van der Waals surface area contributed by atoms with Crippen molar-refractivity contribution in [1.82, 2.24) is 9.78 Å². The fourth-order valence-electron chi connectivity index (χ4n) is 4.74. The summed E-state index contributed by atoms with van der Waals surface area (Å²) in [4.78, 5) is 14.1. The van der Waals surface area contributed by atoms with E-state index < -0.39 is 5.41 Å². The highest BCUT2D eigenvalue weighted by Crippen LogP contribution is 2.44. The summed E-state index contributed by atoms with van der Waals surface area (Å²) in [6.45, 7) is 1.99. The monoisotopic (exact) mass is 416 g/mol. The largest absolute Gasteiger partial charge is 0.295 e. The second kappa shape index (κ2) is 8.20. The number of H-pyrrole nitrogens is 1. The van der Waals surface area contributed by atoms with E-state index in [4.69, 9.17) is 0 Å². The van der Waals surface area contributed by atoms with Gasteiger partial charge in [-0.25, -0.2) is 4.68 Å². The van der Waals surface area contributed by atoms with Crippen molar-refractivity contribution in [2.45, 2.75) is 12.3 Å². The highest BCUT2D eigenvalue weighted by atomic mass is 16.1. The van der Waals surface area contributed by atoms with E-state index in [1.807, 2.05) is 91.9 Å². The first-order valence-corrected chi connectivity index (χ1v) is 10.8. The first-order valence-electron chi connectivity index (χ1n) is 10.8. The maximum Gasteiger partial charge on any atom is 0.276 e. The number of para-hydroxylation sites is 1. The Hall–Kier alpha value is -4.11. The Bertz CT molecular complexity index is 1270. The topological polar surface area (TPSA) is 37.8 Å². The van der Waals surface area contributed by atoms with E-state index in [0.29, 0.717) is 0 Å². The molecule has 0 aliphatic carbocycles. The third-order valence-electron chi connectivity index (χ3n) is 6.08. The Morgan fingerprint density at radius 3 is 1.38 bits per heavy atom. The van der Waals surface area contributed by atoms with Crippen molar-refractivity contribution in [3.63, 3.8) is 0 Å². The minimum atomic E-state index is -0.762. The molecule has 5 rings (SSSR count). The van der Waals surface area contributed by atoms with Crippen LogP contribution in [0.4, 0.5) is 0 Å². The van der Waals surface area contributed by atoms with Crippen molar-refractivity contribution in [3.8, 4) is 5.69 Å². The Balaban J connectivity index is 1.93. The van der Waals surface area contributed by atoms with Gasteiger partial charge in [0.05, 0.1) is 16.7 Å². The third kappa shape index (κ3) is 3.10. The number of benzene rings is 4. The lowest BCUT2D eigenvalue weighted by Crippen LogP contribution is -2.37. The van der Waals surface area contributed by atoms with Crippen LogP contribution in [0.25, 0.3) is 5.69 Å². The summed E-state index contributed by atoms with van der Waals surface area (Å²) in [6, 6.07) is 40.6. The van der Waals surface area contributed by atoms with E-state index in [1.165, 1.54) is 0 Å². The van der Waals surface area contributed by atoms with Gasteiger partial charge >= 0.3 is 0 Å². The molecule has 3 heteroatoms. The molecule has 1 heterocycles. The van der Waals surface area contributed by atoms with Gasteiger partial charge in [0.25, 0.3) is 5.56 Å². The lowest BCUT2D eigenvalue weighted by Gasteiger charge is -2.35. The summed E-state index contributed by atoms with van der Waals surface area (Å²) >= 11 is 0. The first kappa shape index (κ1) is 19.8. The van der Waals surface area contributed by atoms with E-state index in [0.717, 1.165) is 33.6 Å². The van der Waals surface area contributed by atoms with Crippen LogP contribution in [0.1, 0.15) is 27.9 Å². The summed E-state index contributed by atoms with van der Waals surface area (Å²) in [6.07, 6.45) is 0. The van der Waals surface area contributed by atoms with Gasteiger partial charge in [-0.2, -0.15) is 0 Å². The van der Waals surface area contributed by atoms with Gasteiger partial charge in [0, 0.05) is 5.69 Å².